The van der Waals surface area contributed by atoms with Crippen molar-refractivity contribution in [2.24, 2.45) is 0 Å². The molecule has 2 aromatic rings. The van der Waals surface area contributed by atoms with Crippen LogP contribution in [0.3, 0.4) is 0 Å². The Morgan fingerprint density at radius 1 is 1.12 bits per heavy atom. The summed E-state index contributed by atoms with van der Waals surface area (Å²) in [7, 11) is 3.22. The molecule has 5 heteroatoms. The number of hydrogen-bond donors (Lipinski definition) is 1. The first-order valence-corrected chi connectivity index (χ1v) is 9.63. The Bertz CT molecular complexity index is 733. The van der Waals surface area contributed by atoms with E-state index in [-0.39, 0.29) is 11.2 Å². The standard InChI is InChI=1S/C21H27NO3S/c1-15-7-5-8-17(13-15)9-6-12-22-21(23)16(2)26-18-10-11-19(24-3)20(14-18)25-4/h5,7-8,10-11,13-14,16H,6,9,12H2,1-4H3,(H,22,23)/t16-/m1/s1. The summed E-state index contributed by atoms with van der Waals surface area (Å²) in [6.07, 6.45) is 1.90. The molecule has 2 rings (SSSR count). The van der Waals surface area contributed by atoms with E-state index >= 15 is 0 Å². The second kappa shape index (κ2) is 10.1. The topological polar surface area (TPSA) is 47.6 Å². The van der Waals surface area contributed by atoms with Crippen LogP contribution in [0.15, 0.2) is 47.4 Å². The highest BCUT2D eigenvalue weighted by molar-refractivity contribution is 8.00. The van der Waals surface area contributed by atoms with Gasteiger partial charge in [-0.15, -0.1) is 11.8 Å². The predicted octanol–water partition coefficient (Wildman–Crippen LogP) is 4.24. The highest BCUT2D eigenvalue weighted by Crippen LogP contribution is 2.33. The van der Waals surface area contributed by atoms with Gasteiger partial charge in [0.05, 0.1) is 19.5 Å². The van der Waals surface area contributed by atoms with Crippen LogP contribution in [0.1, 0.15) is 24.5 Å². The summed E-state index contributed by atoms with van der Waals surface area (Å²) in [5, 5.41) is 2.85. The largest absolute Gasteiger partial charge is 0.493 e. The van der Waals surface area contributed by atoms with Gasteiger partial charge in [-0.1, -0.05) is 29.8 Å². The molecule has 1 amide bonds. The molecule has 26 heavy (non-hydrogen) atoms. The maximum Gasteiger partial charge on any atom is 0.233 e. The van der Waals surface area contributed by atoms with Gasteiger partial charge in [-0.25, -0.2) is 0 Å². The second-order valence-electron chi connectivity index (χ2n) is 6.16. The average Bonchev–Trinajstić information content (AvgIpc) is 2.64. The molecule has 0 aliphatic rings. The van der Waals surface area contributed by atoms with E-state index in [4.69, 9.17) is 9.47 Å². The van der Waals surface area contributed by atoms with E-state index in [9.17, 15) is 4.79 Å². The fraction of sp³-hybridized carbons (Fsp3) is 0.381. The molecule has 0 unspecified atom stereocenters. The molecule has 0 aliphatic heterocycles. The minimum absolute atomic E-state index is 0.0500. The number of rotatable bonds is 9. The molecule has 0 radical (unpaired) electrons. The normalized spacial score (nSPS) is 11.7. The molecule has 0 spiro atoms. The Balaban J connectivity index is 1.78. The van der Waals surface area contributed by atoms with Crippen molar-refractivity contribution >= 4 is 17.7 Å². The number of hydrogen-bond acceptors (Lipinski definition) is 4. The number of aryl methyl sites for hydroxylation is 2. The van der Waals surface area contributed by atoms with Crippen molar-refractivity contribution in [3.05, 3.63) is 53.6 Å². The number of ether oxygens (including phenoxy) is 2. The monoisotopic (exact) mass is 373 g/mol. The maximum absolute atomic E-state index is 12.3. The van der Waals surface area contributed by atoms with Gasteiger partial charge >= 0.3 is 0 Å². The molecule has 0 aliphatic carbocycles. The zero-order valence-electron chi connectivity index (χ0n) is 15.9. The average molecular weight is 374 g/mol. The molecule has 1 atom stereocenters. The van der Waals surface area contributed by atoms with Crippen molar-refractivity contribution < 1.29 is 14.3 Å². The number of thioether (sulfide) groups is 1. The van der Waals surface area contributed by atoms with Crippen LogP contribution in [-0.2, 0) is 11.2 Å². The summed E-state index contributed by atoms with van der Waals surface area (Å²) < 4.78 is 10.5. The molecule has 0 saturated carbocycles. The quantitative estimate of drug-likeness (QED) is 0.527. The van der Waals surface area contributed by atoms with Crippen LogP contribution in [0.2, 0.25) is 0 Å². The van der Waals surface area contributed by atoms with Crippen LogP contribution >= 0.6 is 11.8 Å². The summed E-state index contributed by atoms with van der Waals surface area (Å²) >= 11 is 1.51. The Hall–Kier alpha value is -2.14. The van der Waals surface area contributed by atoms with Crippen molar-refractivity contribution in [3.8, 4) is 11.5 Å². The fourth-order valence-corrected chi connectivity index (χ4v) is 3.58. The van der Waals surface area contributed by atoms with E-state index in [1.165, 1.54) is 22.9 Å². The first kappa shape index (κ1) is 20.2. The van der Waals surface area contributed by atoms with Crippen molar-refractivity contribution in [2.75, 3.05) is 20.8 Å². The van der Waals surface area contributed by atoms with Crippen molar-refractivity contribution in [1.29, 1.82) is 0 Å². The third-order valence-corrected chi connectivity index (χ3v) is 5.15. The Labute approximate surface area is 160 Å². The Morgan fingerprint density at radius 3 is 2.58 bits per heavy atom. The lowest BCUT2D eigenvalue weighted by molar-refractivity contribution is -0.120. The lowest BCUT2D eigenvalue weighted by atomic mass is 10.1. The number of methoxy groups -OCH3 is 2. The summed E-state index contributed by atoms with van der Waals surface area (Å²) in [5.41, 5.74) is 2.58. The third kappa shape index (κ3) is 5.99. The zero-order valence-corrected chi connectivity index (χ0v) is 16.7. The van der Waals surface area contributed by atoms with Crippen molar-refractivity contribution in [2.45, 2.75) is 36.8 Å². The predicted molar refractivity (Wildman–Crippen MR) is 107 cm³/mol. The summed E-state index contributed by atoms with van der Waals surface area (Å²) in [4.78, 5) is 13.3. The van der Waals surface area contributed by atoms with Gasteiger partial charge in [-0.2, -0.15) is 0 Å². The SMILES string of the molecule is COc1ccc(S[C@H](C)C(=O)NCCCc2cccc(C)c2)cc1OC. The van der Waals surface area contributed by atoms with Gasteiger partial charge in [0.1, 0.15) is 0 Å². The number of benzene rings is 2. The van der Waals surface area contributed by atoms with Crippen LogP contribution in [0.25, 0.3) is 0 Å². The van der Waals surface area contributed by atoms with Crippen LogP contribution in [0.4, 0.5) is 0 Å². The van der Waals surface area contributed by atoms with E-state index in [0.717, 1.165) is 17.7 Å². The summed E-state index contributed by atoms with van der Waals surface area (Å²) in [5.74, 6) is 1.40. The van der Waals surface area contributed by atoms with Gasteiger partial charge in [-0.3, -0.25) is 4.79 Å². The summed E-state index contributed by atoms with van der Waals surface area (Å²) in [6, 6.07) is 14.2. The minimum Gasteiger partial charge on any atom is -0.493 e. The number of amides is 1. The van der Waals surface area contributed by atoms with Gasteiger partial charge in [-0.05, 0) is 50.5 Å². The highest BCUT2D eigenvalue weighted by atomic mass is 32.2. The van der Waals surface area contributed by atoms with Gasteiger partial charge < -0.3 is 14.8 Å². The molecule has 0 fully saturated rings. The molecule has 0 saturated heterocycles. The van der Waals surface area contributed by atoms with Gasteiger partial charge in [0.2, 0.25) is 5.91 Å². The molecule has 0 aromatic heterocycles. The molecular weight excluding hydrogens is 346 g/mol. The number of nitrogens with one attached hydrogen (secondary N) is 1. The lowest BCUT2D eigenvalue weighted by Crippen LogP contribution is -2.31. The van der Waals surface area contributed by atoms with Crippen molar-refractivity contribution in [3.63, 3.8) is 0 Å². The molecular formula is C21H27NO3S. The molecule has 0 heterocycles. The van der Waals surface area contributed by atoms with Crippen molar-refractivity contribution in [1.82, 2.24) is 5.32 Å². The van der Waals surface area contributed by atoms with Crippen LogP contribution in [0.5, 0.6) is 11.5 Å². The molecule has 1 N–H and O–H groups in total. The van der Waals surface area contributed by atoms with Gasteiger partial charge in [0.15, 0.2) is 11.5 Å². The molecule has 140 valence electrons. The van der Waals surface area contributed by atoms with Crippen LogP contribution in [0, 0.1) is 6.92 Å². The fourth-order valence-electron chi connectivity index (χ4n) is 2.66. The highest BCUT2D eigenvalue weighted by Gasteiger charge is 2.15. The molecule has 2 aromatic carbocycles. The molecule has 4 nitrogen and oxygen atoms in total. The zero-order chi connectivity index (χ0) is 18.9. The number of carbonyl (C=O) groups is 1. The minimum atomic E-state index is -0.174. The molecule has 0 bridgehead atoms. The van der Waals surface area contributed by atoms with E-state index in [1.807, 2.05) is 25.1 Å². The van der Waals surface area contributed by atoms with E-state index in [0.29, 0.717) is 18.0 Å². The first-order valence-electron chi connectivity index (χ1n) is 8.75. The van der Waals surface area contributed by atoms with E-state index < -0.39 is 0 Å². The summed E-state index contributed by atoms with van der Waals surface area (Å²) in [6.45, 7) is 4.69. The van der Waals surface area contributed by atoms with Gasteiger partial charge in [0, 0.05) is 11.4 Å². The lowest BCUT2D eigenvalue weighted by Gasteiger charge is -2.14. The smallest absolute Gasteiger partial charge is 0.233 e. The maximum atomic E-state index is 12.3. The Kier molecular flexibility index (Phi) is 7.85. The second-order valence-corrected chi connectivity index (χ2v) is 7.57. The van der Waals surface area contributed by atoms with Crippen LogP contribution in [-0.4, -0.2) is 31.9 Å². The third-order valence-electron chi connectivity index (χ3n) is 4.06. The first-order chi connectivity index (χ1) is 12.5. The van der Waals surface area contributed by atoms with E-state index in [1.54, 1.807) is 14.2 Å². The van der Waals surface area contributed by atoms with E-state index in [2.05, 4.69) is 36.5 Å². The Morgan fingerprint density at radius 2 is 1.88 bits per heavy atom. The number of carbonyl (C=O) groups excluding carboxylic acids is 1. The van der Waals surface area contributed by atoms with Gasteiger partial charge in [0.25, 0.3) is 0 Å². The van der Waals surface area contributed by atoms with Crippen LogP contribution < -0.4 is 14.8 Å².